The molecule has 5 heterocycles. The first-order valence-corrected chi connectivity index (χ1v) is 18.2. The number of hydrogen-bond donors (Lipinski definition) is 7. The Morgan fingerprint density at radius 1 is 1.13 bits per heavy atom. The lowest BCUT2D eigenvalue weighted by molar-refractivity contribution is -0.158. The Bertz CT molecular complexity index is 1960. The van der Waals surface area contributed by atoms with E-state index in [1.807, 2.05) is 0 Å². The zero-order chi connectivity index (χ0) is 37.8. The predicted octanol–water partition coefficient (Wildman–Crippen LogP) is -1.27. The van der Waals surface area contributed by atoms with E-state index in [-0.39, 0.29) is 48.6 Å². The summed E-state index contributed by atoms with van der Waals surface area (Å²) in [6.07, 6.45) is -6.58. The van der Waals surface area contributed by atoms with Crippen LogP contribution in [0.5, 0.6) is 0 Å². The van der Waals surface area contributed by atoms with Crippen molar-refractivity contribution < 1.29 is 61.5 Å². The first kappa shape index (κ1) is 39.1. The molecule has 0 spiro atoms. The average Bonchev–Trinajstić information content (AvgIpc) is 3.76. The third-order valence-corrected chi connectivity index (χ3v) is 9.28. The number of nitrogens with zero attached hydrogens (tertiary/aromatic N) is 9. The number of ether oxygens (including phenoxy) is 3. The van der Waals surface area contributed by atoms with Gasteiger partial charge in [-0.15, -0.1) is 0 Å². The number of aliphatic hydroxyl groups excluding tert-OH is 1. The summed E-state index contributed by atoms with van der Waals surface area (Å²) in [6, 6.07) is 0.0548. The highest BCUT2D eigenvalue weighted by Gasteiger charge is 2.50. The van der Waals surface area contributed by atoms with Crippen molar-refractivity contribution in [3.8, 4) is 0 Å². The fraction of sp³-hybridized carbons (Fsp3) is 0.583. The average molecular weight is 777 g/mol. The first-order chi connectivity index (χ1) is 24.6. The van der Waals surface area contributed by atoms with Crippen molar-refractivity contribution in [2.24, 2.45) is 10.8 Å². The van der Waals surface area contributed by atoms with Gasteiger partial charge in [0.2, 0.25) is 0 Å². The van der Waals surface area contributed by atoms with Gasteiger partial charge in [0.15, 0.2) is 23.8 Å². The minimum atomic E-state index is -5.16. The number of hydrogen-bond acceptors (Lipinski definition) is 19. The summed E-state index contributed by atoms with van der Waals surface area (Å²) in [5, 5.41) is 14.7. The molecule has 0 aliphatic carbocycles. The van der Waals surface area contributed by atoms with Crippen molar-refractivity contribution in [1.82, 2.24) is 29.1 Å². The number of anilines is 2. The summed E-state index contributed by atoms with van der Waals surface area (Å²) >= 11 is 0. The van der Waals surface area contributed by atoms with Crippen LogP contribution in [0, 0.1) is 0 Å². The number of aliphatic hydroxyl groups is 1. The van der Waals surface area contributed by atoms with Gasteiger partial charge in [-0.25, -0.2) is 28.9 Å². The normalized spacial score (nSPS) is 26.5. The predicted molar refractivity (Wildman–Crippen MR) is 171 cm³/mol. The van der Waals surface area contributed by atoms with Crippen LogP contribution in [-0.4, -0.2) is 111 Å². The van der Waals surface area contributed by atoms with Crippen molar-refractivity contribution >= 4 is 44.4 Å². The van der Waals surface area contributed by atoms with Gasteiger partial charge in [0.25, 0.3) is 0 Å². The number of azide groups is 1. The number of esters is 1. The van der Waals surface area contributed by atoms with Crippen molar-refractivity contribution in [3.63, 3.8) is 0 Å². The fourth-order valence-electron chi connectivity index (χ4n) is 5.37. The van der Waals surface area contributed by atoms with E-state index in [2.05, 4.69) is 34.5 Å². The quantitative estimate of drug-likeness (QED) is 0.0223. The molecule has 2 unspecified atom stereocenters. The van der Waals surface area contributed by atoms with Crippen molar-refractivity contribution in [1.29, 1.82) is 0 Å². The lowest BCUT2D eigenvalue weighted by Gasteiger charge is -2.24. The van der Waals surface area contributed by atoms with Crippen molar-refractivity contribution in [3.05, 3.63) is 45.8 Å². The highest BCUT2D eigenvalue weighted by molar-refractivity contribution is 7.47. The number of phosphoric acid groups is 2. The maximum absolute atomic E-state index is 13.3. The lowest BCUT2D eigenvalue weighted by atomic mass is 10.1. The zero-order valence-electron chi connectivity index (χ0n) is 26.7. The minimum Gasteiger partial charge on any atom is -0.455 e. The molecule has 26 nitrogen and oxygen atoms in total. The number of rotatable bonds is 16. The molecule has 52 heavy (non-hydrogen) atoms. The standard InChI is InChI=1S/C24H34N12O14P2/c25-11(2-1-4-32-34-28)23(38)49-19-14(48-22(18(19)37)36-10-31-17-20(27)29-9-30-21(17)36)8-46-52(43,44)50-12-6-16(35-5-3-15(26)33-24(35)39)47-13(12)7-45-51(40,41)42/h3,5,9-14,16,18-19,22,37H,1-2,4,6-8,25H2,(H,43,44)(H2,26,33,39)(H2,27,29,30)(H2,40,41,42)/t11?,12-,13+,14+,16+,18+,19+,22+/m0/s1. The molecule has 0 amide bonds. The van der Waals surface area contributed by atoms with E-state index in [1.165, 1.54) is 23.2 Å². The summed E-state index contributed by atoms with van der Waals surface area (Å²) in [5.41, 5.74) is 25.2. The first-order valence-electron chi connectivity index (χ1n) is 15.2. The van der Waals surface area contributed by atoms with Crippen molar-refractivity contribution in [2.75, 3.05) is 31.2 Å². The molecule has 5 rings (SSSR count). The summed E-state index contributed by atoms with van der Waals surface area (Å²) in [6.45, 7) is -1.63. The van der Waals surface area contributed by atoms with Crippen LogP contribution in [0.1, 0.15) is 31.7 Å². The second-order valence-corrected chi connectivity index (χ2v) is 14.0. The second kappa shape index (κ2) is 16.3. The van der Waals surface area contributed by atoms with Crippen LogP contribution >= 0.6 is 15.6 Å². The molecule has 2 aliphatic rings. The third kappa shape index (κ3) is 9.45. The lowest BCUT2D eigenvalue weighted by Crippen LogP contribution is -2.43. The van der Waals surface area contributed by atoms with Crippen LogP contribution in [0.4, 0.5) is 11.6 Å². The van der Waals surface area contributed by atoms with Crippen LogP contribution < -0.4 is 22.9 Å². The number of fused-ring (bicyclic) bond motifs is 1. The fourth-order valence-corrected chi connectivity index (χ4v) is 6.67. The van der Waals surface area contributed by atoms with E-state index in [4.69, 9.17) is 46.0 Å². The minimum absolute atomic E-state index is 0.0179. The molecule has 10 N–H and O–H groups in total. The maximum Gasteiger partial charge on any atom is 0.472 e. The van der Waals surface area contributed by atoms with E-state index in [9.17, 15) is 38.5 Å². The van der Waals surface area contributed by atoms with Gasteiger partial charge < -0.3 is 51.2 Å². The van der Waals surface area contributed by atoms with Gasteiger partial charge in [-0.2, -0.15) is 4.98 Å². The van der Waals surface area contributed by atoms with Crippen LogP contribution in [0.3, 0.4) is 0 Å². The van der Waals surface area contributed by atoms with Gasteiger partial charge in [-0.1, -0.05) is 5.11 Å². The SMILES string of the molecule is [N-]=[N+]=NCCCC(N)C(=O)O[C@H]1[C@@H](O)[C@H](n2cnc3c(N)ncnc32)O[C@@H]1COP(=O)(O)O[C@H]1C[C@H](n2ccc(N)nc2=O)O[C@@H]1COP(=O)(O)O. The summed E-state index contributed by atoms with van der Waals surface area (Å²) in [4.78, 5) is 72.8. The molecule has 3 aromatic heterocycles. The molecule has 2 saturated heterocycles. The summed E-state index contributed by atoms with van der Waals surface area (Å²) in [5.74, 6) is -1.07. The molecule has 28 heteroatoms. The van der Waals surface area contributed by atoms with Gasteiger partial charge in [0.1, 0.15) is 54.3 Å². The van der Waals surface area contributed by atoms with E-state index in [0.717, 1.165) is 10.9 Å². The molecule has 2 aliphatic heterocycles. The maximum atomic E-state index is 13.3. The number of nitrogens with two attached hydrogens (primary N) is 3. The molecule has 2 fully saturated rings. The Morgan fingerprint density at radius 3 is 2.60 bits per heavy atom. The van der Waals surface area contributed by atoms with E-state index < -0.39 is 89.5 Å². The number of carbonyl (C=O) groups excluding carboxylic acids is 1. The largest absolute Gasteiger partial charge is 0.472 e. The Balaban J connectivity index is 1.33. The molecule has 3 aromatic rings. The number of carbonyl (C=O) groups is 1. The summed E-state index contributed by atoms with van der Waals surface area (Å²) in [7, 11) is -10.2. The second-order valence-electron chi connectivity index (χ2n) is 11.3. The van der Waals surface area contributed by atoms with Gasteiger partial charge >= 0.3 is 27.3 Å². The number of imidazole rings is 1. The zero-order valence-corrected chi connectivity index (χ0v) is 28.5. The smallest absolute Gasteiger partial charge is 0.455 e. The summed E-state index contributed by atoms with van der Waals surface area (Å²) < 4.78 is 59.0. The van der Waals surface area contributed by atoms with Gasteiger partial charge in [-0.05, 0) is 24.4 Å². The van der Waals surface area contributed by atoms with E-state index in [1.54, 1.807) is 0 Å². The molecule has 9 atom stereocenters. The van der Waals surface area contributed by atoms with Gasteiger partial charge in [-0.3, -0.25) is 27.5 Å². The number of aromatic nitrogens is 6. The van der Waals surface area contributed by atoms with Crippen LogP contribution in [0.2, 0.25) is 0 Å². The topological polar surface area (TPSA) is 393 Å². The molecule has 0 saturated carbocycles. The Kier molecular flexibility index (Phi) is 12.2. The Hall–Kier alpha value is -4.13. The molecule has 284 valence electrons. The molecule has 0 radical (unpaired) electrons. The van der Waals surface area contributed by atoms with Crippen LogP contribution in [-0.2, 0) is 41.7 Å². The van der Waals surface area contributed by atoms with Crippen LogP contribution in [0.15, 0.2) is 34.8 Å². The Morgan fingerprint density at radius 2 is 1.88 bits per heavy atom. The van der Waals surface area contributed by atoms with Crippen molar-refractivity contribution in [2.45, 2.75) is 68.3 Å². The number of phosphoric ester groups is 2. The van der Waals surface area contributed by atoms with Gasteiger partial charge in [0.05, 0.1) is 19.5 Å². The van der Waals surface area contributed by atoms with Crippen LogP contribution in [0.25, 0.3) is 21.6 Å². The van der Waals surface area contributed by atoms with Gasteiger partial charge in [0, 0.05) is 24.1 Å². The van der Waals surface area contributed by atoms with E-state index >= 15 is 0 Å². The molecular formula is C24H34N12O14P2. The molecule has 0 aromatic carbocycles. The third-order valence-electron chi connectivity index (χ3n) is 7.78. The monoisotopic (exact) mass is 776 g/mol. The highest BCUT2D eigenvalue weighted by Crippen LogP contribution is 2.50. The number of nitrogen functional groups attached to an aromatic ring is 2. The van der Waals surface area contributed by atoms with E-state index in [0.29, 0.717) is 0 Å². The highest BCUT2D eigenvalue weighted by atomic mass is 31.2. The Labute approximate surface area is 291 Å². The molecular weight excluding hydrogens is 742 g/mol. The molecule has 0 bridgehead atoms.